The second-order valence-electron chi connectivity index (χ2n) is 9.20. The number of fused-ring (bicyclic) bond motifs is 3. The molecule has 3 aliphatic rings. The number of imide groups is 1. The zero-order chi connectivity index (χ0) is 26.9. The molecule has 2 aromatic carbocycles. The zero-order valence-corrected chi connectivity index (χ0v) is 20.1. The first kappa shape index (κ1) is 23.9. The van der Waals surface area contributed by atoms with Gasteiger partial charge in [0.15, 0.2) is 28.5 Å². The number of rotatable bonds is 6. The van der Waals surface area contributed by atoms with E-state index in [1.54, 1.807) is 6.07 Å². The van der Waals surface area contributed by atoms with Gasteiger partial charge in [-0.1, -0.05) is 6.07 Å². The van der Waals surface area contributed by atoms with Gasteiger partial charge < -0.3 is 29.4 Å². The molecule has 1 aromatic heterocycles. The lowest BCUT2D eigenvalue weighted by Crippen LogP contribution is -2.52. The summed E-state index contributed by atoms with van der Waals surface area (Å²) in [5, 5.41) is 5.37. The minimum atomic E-state index is -1.98. The fraction of sp³-hybridized carbons (Fsp3) is 0.280. The van der Waals surface area contributed by atoms with Crippen LogP contribution < -0.4 is 15.4 Å². The number of halogens is 2. The number of ether oxygens (including phenoxy) is 2. The number of urea groups is 1. The normalized spacial score (nSPS) is 20.3. The van der Waals surface area contributed by atoms with Gasteiger partial charge in [-0.3, -0.25) is 14.4 Å². The van der Waals surface area contributed by atoms with Crippen molar-refractivity contribution in [2.75, 3.05) is 27.5 Å². The Morgan fingerprint density at radius 2 is 1.84 bits per heavy atom. The number of nitrogens with one attached hydrogen (secondary N) is 2. The fourth-order valence-corrected chi connectivity index (χ4v) is 5.25. The highest BCUT2D eigenvalue weighted by atomic mass is 19.1. The van der Waals surface area contributed by atoms with E-state index >= 15 is 4.39 Å². The third-order valence-electron chi connectivity index (χ3n) is 7.05. The van der Waals surface area contributed by atoms with Crippen molar-refractivity contribution in [2.24, 2.45) is 0 Å². The molecule has 2 N–H and O–H groups in total. The molecule has 1 saturated heterocycles. The van der Waals surface area contributed by atoms with Crippen LogP contribution in [0.15, 0.2) is 28.7 Å². The number of methoxy groups -OCH3 is 2. The fourth-order valence-electron chi connectivity index (χ4n) is 5.25. The smallest absolute Gasteiger partial charge is 0.327 e. The number of carbonyl (C=O) groups excluding carboxylic acids is 4. The molecule has 0 bridgehead atoms. The second-order valence-corrected chi connectivity index (χ2v) is 9.20. The van der Waals surface area contributed by atoms with E-state index in [-0.39, 0.29) is 46.7 Å². The third kappa shape index (κ3) is 3.14. The highest BCUT2D eigenvalue weighted by Gasteiger charge is 2.57. The Morgan fingerprint density at radius 1 is 1.05 bits per heavy atom. The number of hydrogen-bond donors (Lipinski definition) is 2. The summed E-state index contributed by atoms with van der Waals surface area (Å²) in [6, 6.07) is 5.04. The van der Waals surface area contributed by atoms with Gasteiger partial charge in [-0.25, -0.2) is 18.5 Å². The Hall–Kier alpha value is -4.52. The molecule has 4 heterocycles. The van der Waals surface area contributed by atoms with Crippen molar-refractivity contribution >= 4 is 34.7 Å². The summed E-state index contributed by atoms with van der Waals surface area (Å²) in [5.74, 6) is -4.14. The molecule has 0 spiro atoms. The Morgan fingerprint density at radius 3 is 2.58 bits per heavy atom. The second kappa shape index (κ2) is 8.25. The zero-order valence-electron chi connectivity index (χ0n) is 20.1. The van der Waals surface area contributed by atoms with Crippen LogP contribution >= 0.6 is 0 Å². The predicted octanol–water partition coefficient (Wildman–Crippen LogP) is 1.97. The van der Waals surface area contributed by atoms with Gasteiger partial charge in [-0.2, -0.15) is 0 Å². The molecule has 196 valence electrons. The Kier molecular flexibility index (Phi) is 5.18. The van der Waals surface area contributed by atoms with Gasteiger partial charge in [-0.05, 0) is 29.3 Å². The minimum Gasteiger partial charge on any atom is -0.494 e. The monoisotopic (exact) mass is 526 g/mol. The summed E-state index contributed by atoms with van der Waals surface area (Å²) < 4.78 is 46.0. The van der Waals surface area contributed by atoms with Crippen molar-refractivity contribution in [1.29, 1.82) is 0 Å². The van der Waals surface area contributed by atoms with Crippen LogP contribution in [0.4, 0.5) is 13.6 Å². The average Bonchev–Trinajstić information content (AvgIpc) is 3.62. The highest BCUT2D eigenvalue weighted by Crippen LogP contribution is 2.39. The van der Waals surface area contributed by atoms with E-state index in [9.17, 15) is 23.6 Å². The van der Waals surface area contributed by atoms with Crippen LogP contribution in [0.3, 0.4) is 0 Å². The molecule has 6 rings (SSSR count). The third-order valence-corrected chi connectivity index (χ3v) is 7.05. The molecule has 13 heteroatoms. The van der Waals surface area contributed by atoms with Crippen molar-refractivity contribution in [3.8, 4) is 5.75 Å². The van der Waals surface area contributed by atoms with Crippen LogP contribution in [0.2, 0.25) is 0 Å². The molecule has 1 atom stereocenters. The molecule has 0 saturated carbocycles. The van der Waals surface area contributed by atoms with Crippen molar-refractivity contribution in [3.63, 3.8) is 0 Å². The van der Waals surface area contributed by atoms with Gasteiger partial charge in [0.1, 0.15) is 12.5 Å². The van der Waals surface area contributed by atoms with Crippen molar-refractivity contribution in [2.45, 2.75) is 18.6 Å². The van der Waals surface area contributed by atoms with Gasteiger partial charge >= 0.3 is 6.03 Å². The summed E-state index contributed by atoms with van der Waals surface area (Å²) >= 11 is 0. The molecule has 3 aromatic rings. The standard InChI is InChI=1S/C25H20F2N4O7/c1-36-10-31-23(34)25(29-24(31)35,9-30-8-11-3-4-14(37-2)18(26)17(11)22(30)33)15-6-12-5-13-7-28-21(32)16(13)19(27)20(12)38-15/h3-6H,7-10H2,1-2H3,(H,28,32)(H,29,35)/t25-/m0/s1. The molecule has 1 fully saturated rings. The predicted molar refractivity (Wildman–Crippen MR) is 124 cm³/mol. The van der Waals surface area contributed by atoms with Crippen molar-refractivity contribution in [3.05, 3.63) is 63.9 Å². The van der Waals surface area contributed by atoms with Gasteiger partial charge in [0.05, 0.1) is 24.8 Å². The maximum atomic E-state index is 15.3. The Balaban J connectivity index is 1.46. The summed E-state index contributed by atoms with van der Waals surface area (Å²) in [5.41, 5.74) is -1.85. The molecule has 0 radical (unpaired) electrons. The van der Waals surface area contributed by atoms with Gasteiger partial charge in [0.2, 0.25) is 0 Å². The SMILES string of the molecule is COCN1C(=O)N[C@@](CN2Cc3ccc(OC)c(F)c3C2=O)(c2cc3cc4c(c(F)c3o2)C(=O)NC4)C1=O. The van der Waals surface area contributed by atoms with Crippen LogP contribution in [0, 0.1) is 11.6 Å². The van der Waals surface area contributed by atoms with E-state index in [1.807, 2.05) is 0 Å². The van der Waals surface area contributed by atoms with Crippen molar-refractivity contribution < 1.29 is 41.8 Å². The number of furan rings is 1. The molecule has 0 aliphatic carbocycles. The van der Waals surface area contributed by atoms with E-state index in [2.05, 4.69) is 10.6 Å². The van der Waals surface area contributed by atoms with Crippen LogP contribution in [-0.4, -0.2) is 61.0 Å². The summed E-state index contributed by atoms with van der Waals surface area (Å²) in [7, 11) is 2.56. The maximum Gasteiger partial charge on any atom is 0.327 e. The van der Waals surface area contributed by atoms with Gasteiger partial charge in [0.25, 0.3) is 17.7 Å². The van der Waals surface area contributed by atoms with Gasteiger partial charge in [-0.15, -0.1) is 0 Å². The molecular formula is C25H20F2N4O7. The molecular weight excluding hydrogens is 506 g/mol. The van der Waals surface area contributed by atoms with E-state index < -0.39 is 54.2 Å². The molecule has 3 aliphatic heterocycles. The molecule has 0 unspecified atom stereocenters. The van der Waals surface area contributed by atoms with Crippen LogP contribution in [-0.2, 0) is 28.2 Å². The largest absolute Gasteiger partial charge is 0.494 e. The number of hydrogen-bond acceptors (Lipinski definition) is 7. The van der Waals surface area contributed by atoms with E-state index in [4.69, 9.17) is 13.9 Å². The number of amides is 5. The minimum absolute atomic E-state index is 0.0622. The molecule has 38 heavy (non-hydrogen) atoms. The first-order valence-electron chi connectivity index (χ1n) is 11.5. The van der Waals surface area contributed by atoms with Crippen LogP contribution in [0.1, 0.15) is 37.6 Å². The van der Waals surface area contributed by atoms with Crippen LogP contribution in [0.5, 0.6) is 5.75 Å². The highest BCUT2D eigenvalue weighted by molar-refractivity contribution is 6.09. The van der Waals surface area contributed by atoms with E-state index in [1.165, 1.54) is 37.3 Å². The lowest BCUT2D eigenvalue weighted by molar-refractivity contribution is -0.135. The number of benzene rings is 2. The average molecular weight is 526 g/mol. The number of nitrogens with zero attached hydrogens (tertiary/aromatic N) is 2. The summed E-state index contributed by atoms with van der Waals surface area (Å²) in [6.07, 6.45) is 0. The summed E-state index contributed by atoms with van der Waals surface area (Å²) in [6.45, 7) is -0.781. The maximum absolute atomic E-state index is 15.3. The number of carbonyl (C=O) groups is 4. The molecule has 11 nitrogen and oxygen atoms in total. The molecule has 5 amide bonds. The van der Waals surface area contributed by atoms with Crippen LogP contribution in [0.25, 0.3) is 11.0 Å². The topological polar surface area (TPSA) is 130 Å². The van der Waals surface area contributed by atoms with E-state index in [0.717, 1.165) is 4.90 Å². The lowest BCUT2D eigenvalue weighted by Gasteiger charge is -2.29. The van der Waals surface area contributed by atoms with Crippen molar-refractivity contribution in [1.82, 2.24) is 20.4 Å². The quantitative estimate of drug-likeness (QED) is 0.470. The lowest BCUT2D eigenvalue weighted by atomic mass is 9.94. The van der Waals surface area contributed by atoms with E-state index in [0.29, 0.717) is 11.1 Å². The Labute approximate surface area is 213 Å². The summed E-state index contributed by atoms with van der Waals surface area (Å²) in [4.78, 5) is 53.9. The van der Waals surface area contributed by atoms with Gasteiger partial charge in [0, 0.05) is 25.6 Å². The first-order valence-corrected chi connectivity index (χ1v) is 11.5. The Bertz CT molecular complexity index is 1590. The first-order chi connectivity index (χ1) is 18.2.